The summed E-state index contributed by atoms with van der Waals surface area (Å²) in [7, 11) is 1.45. The Morgan fingerprint density at radius 1 is 1.19 bits per heavy atom. The maximum Gasteiger partial charge on any atom is 0.273 e. The number of aryl methyl sites for hydroxylation is 1. The summed E-state index contributed by atoms with van der Waals surface area (Å²) in [4.78, 5) is 10.3. The SMILES string of the molecule is COc1cc([N+](=O)[O-])ccc1Oc1ccc(CBr)c(C)c1. The van der Waals surface area contributed by atoms with Gasteiger partial charge in [-0.2, -0.15) is 0 Å². The van der Waals surface area contributed by atoms with Gasteiger partial charge in [-0.1, -0.05) is 22.0 Å². The minimum atomic E-state index is -0.471. The van der Waals surface area contributed by atoms with E-state index < -0.39 is 4.92 Å². The number of non-ortho nitro benzene ring substituents is 1. The Labute approximate surface area is 130 Å². The number of nitro groups is 1. The van der Waals surface area contributed by atoms with Gasteiger partial charge in [-0.3, -0.25) is 10.1 Å². The van der Waals surface area contributed by atoms with E-state index in [4.69, 9.17) is 9.47 Å². The highest BCUT2D eigenvalue weighted by atomic mass is 79.9. The van der Waals surface area contributed by atoms with Gasteiger partial charge in [0.15, 0.2) is 11.5 Å². The number of methoxy groups -OCH3 is 1. The Hall–Kier alpha value is -2.08. The van der Waals surface area contributed by atoms with Gasteiger partial charge in [0.05, 0.1) is 18.1 Å². The van der Waals surface area contributed by atoms with Crippen LogP contribution in [0.4, 0.5) is 5.69 Å². The average molecular weight is 352 g/mol. The van der Waals surface area contributed by atoms with Crippen LogP contribution in [0.25, 0.3) is 0 Å². The molecular formula is C15H14BrNO4. The molecule has 6 heteroatoms. The Balaban J connectivity index is 2.30. The van der Waals surface area contributed by atoms with E-state index in [-0.39, 0.29) is 5.69 Å². The third kappa shape index (κ3) is 3.52. The Bertz CT molecular complexity index is 673. The Morgan fingerprint density at radius 2 is 1.95 bits per heavy atom. The Kier molecular flexibility index (Phi) is 4.80. The monoisotopic (exact) mass is 351 g/mol. The van der Waals surface area contributed by atoms with Crippen LogP contribution in [0.15, 0.2) is 36.4 Å². The fourth-order valence-electron chi connectivity index (χ4n) is 1.86. The minimum absolute atomic E-state index is 0.0370. The van der Waals surface area contributed by atoms with Crippen molar-refractivity contribution in [2.75, 3.05) is 7.11 Å². The normalized spacial score (nSPS) is 10.2. The fourth-order valence-corrected chi connectivity index (χ4v) is 2.49. The molecule has 0 spiro atoms. The molecule has 110 valence electrons. The first kappa shape index (κ1) is 15.3. The number of benzene rings is 2. The quantitative estimate of drug-likeness (QED) is 0.448. The molecule has 0 amide bonds. The van der Waals surface area contributed by atoms with Gasteiger partial charge in [0, 0.05) is 11.4 Å². The molecule has 21 heavy (non-hydrogen) atoms. The number of nitrogens with zero attached hydrogens (tertiary/aromatic N) is 1. The summed E-state index contributed by atoms with van der Waals surface area (Å²) >= 11 is 3.42. The van der Waals surface area contributed by atoms with Crippen molar-refractivity contribution in [3.05, 3.63) is 57.6 Å². The van der Waals surface area contributed by atoms with Crippen molar-refractivity contribution in [3.63, 3.8) is 0 Å². The molecule has 0 bridgehead atoms. The van der Waals surface area contributed by atoms with E-state index in [0.717, 1.165) is 10.9 Å². The molecule has 0 radical (unpaired) electrons. The number of hydrogen-bond acceptors (Lipinski definition) is 4. The first-order chi connectivity index (χ1) is 10.0. The molecule has 0 N–H and O–H groups in total. The number of hydrogen-bond donors (Lipinski definition) is 0. The topological polar surface area (TPSA) is 61.6 Å². The molecule has 0 saturated heterocycles. The summed E-state index contributed by atoms with van der Waals surface area (Å²) in [5.74, 6) is 1.42. The van der Waals surface area contributed by atoms with Gasteiger partial charge in [-0.05, 0) is 36.2 Å². The number of halogens is 1. The second kappa shape index (κ2) is 6.58. The van der Waals surface area contributed by atoms with E-state index in [0.29, 0.717) is 17.2 Å². The smallest absolute Gasteiger partial charge is 0.273 e. The lowest BCUT2D eigenvalue weighted by Gasteiger charge is -2.11. The molecule has 0 unspecified atom stereocenters. The summed E-state index contributed by atoms with van der Waals surface area (Å²) in [6, 6.07) is 10.00. The van der Waals surface area contributed by atoms with E-state index in [1.54, 1.807) is 0 Å². The molecule has 5 nitrogen and oxygen atoms in total. The van der Waals surface area contributed by atoms with Crippen molar-refractivity contribution < 1.29 is 14.4 Å². The van der Waals surface area contributed by atoms with Gasteiger partial charge >= 0.3 is 0 Å². The van der Waals surface area contributed by atoms with E-state index in [1.807, 2.05) is 25.1 Å². The lowest BCUT2D eigenvalue weighted by molar-refractivity contribution is -0.384. The van der Waals surface area contributed by atoms with Crippen molar-refractivity contribution in [2.24, 2.45) is 0 Å². The van der Waals surface area contributed by atoms with Crippen LogP contribution in [0.3, 0.4) is 0 Å². The standard InChI is InChI=1S/C15H14BrNO4/c1-10-7-13(5-3-11(10)9-16)21-14-6-4-12(17(18)19)8-15(14)20-2/h3-8H,9H2,1-2H3. The van der Waals surface area contributed by atoms with Gasteiger partial charge in [0.25, 0.3) is 5.69 Å². The van der Waals surface area contributed by atoms with Crippen LogP contribution in [0.5, 0.6) is 17.2 Å². The molecular weight excluding hydrogens is 338 g/mol. The van der Waals surface area contributed by atoms with Crippen molar-refractivity contribution in [2.45, 2.75) is 12.3 Å². The highest BCUT2D eigenvalue weighted by molar-refractivity contribution is 9.08. The van der Waals surface area contributed by atoms with Gasteiger partial charge in [0.1, 0.15) is 5.75 Å². The van der Waals surface area contributed by atoms with Crippen molar-refractivity contribution in [1.29, 1.82) is 0 Å². The summed E-state index contributed by atoms with van der Waals surface area (Å²) < 4.78 is 10.9. The van der Waals surface area contributed by atoms with Crippen molar-refractivity contribution in [3.8, 4) is 17.2 Å². The molecule has 0 aliphatic heterocycles. The van der Waals surface area contributed by atoms with Gasteiger partial charge in [-0.25, -0.2) is 0 Å². The predicted octanol–water partition coefficient (Wildman–Crippen LogP) is 4.60. The largest absolute Gasteiger partial charge is 0.493 e. The average Bonchev–Trinajstić information content (AvgIpc) is 2.47. The zero-order valence-electron chi connectivity index (χ0n) is 11.6. The highest BCUT2D eigenvalue weighted by Crippen LogP contribution is 2.35. The van der Waals surface area contributed by atoms with E-state index in [2.05, 4.69) is 15.9 Å². The predicted molar refractivity (Wildman–Crippen MR) is 83.5 cm³/mol. The van der Waals surface area contributed by atoms with E-state index in [9.17, 15) is 10.1 Å². The number of rotatable bonds is 5. The van der Waals surface area contributed by atoms with Crippen LogP contribution in [-0.2, 0) is 5.33 Å². The molecule has 2 aromatic rings. The molecule has 0 fully saturated rings. The molecule has 0 atom stereocenters. The minimum Gasteiger partial charge on any atom is -0.493 e. The van der Waals surface area contributed by atoms with E-state index in [1.165, 1.54) is 30.9 Å². The zero-order chi connectivity index (χ0) is 15.4. The van der Waals surface area contributed by atoms with Crippen LogP contribution in [-0.4, -0.2) is 12.0 Å². The first-order valence-electron chi connectivity index (χ1n) is 6.21. The Morgan fingerprint density at radius 3 is 2.52 bits per heavy atom. The summed E-state index contributed by atoms with van der Waals surface area (Å²) in [6.07, 6.45) is 0. The van der Waals surface area contributed by atoms with Gasteiger partial charge in [0.2, 0.25) is 0 Å². The molecule has 0 heterocycles. The molecule has 0 aliphatic carbocycles. The lowest BCUT2D eigenvalue weighted by atomic mass is 10.1. The summed E-state index contributed by atoms with van der Waals surface area (Å²) in [5, 5.41) is 11.5. The zero-order valence-corrected chi connectivity index (χ0v) is 13.2. The maximum absolute atomic E-state index is 10.8. The van der Waals surface area contributed by atoms with Crippen LogP contribution in [0.1, 0.15) is 11.1 Å². The summed E-state index contributed by atoms with van der Waals surface area (Å²) in [6.45, 7) is 2.00. The van der Waals surface area contributed by atoms with Gasteiger partial charge < -0.3 is 9.47 Å². The van der Waals surface area contributed by atoms with Crippen LogP contribution >= 0.6 is 15.9 Å². The molecule has 0 aromatic heterocycles. The molecule has 0 aliphatic rings. The lowest BCUT2D eigenvalue weighted by Crippen LogP contribution is -1.94. The molecule has 2 aromatic carbocycles. The second-order valence-electron chi connectivity index (χ2n) is 4.42. The second-order valence-corrected chi connectivity index (χ2v) is 4.98. The third-order valence-corrected chi connectivity index (χ3v) is 3.65. The highest BCUT2D eigenvalue weighted by Gasteiger charge is 2.13. The van der Waals surface area contributed by atoms with Crippen LogP contribution in [0.2, 0.25) is 0 Å². The van der Waals surface area contributed by atoms with Crippen molar-refractivity contribution >= 4 is 21.6 Å². The number of alkyl halides is 1. The van der Waals surface area contributed by atoms with Crippen LogP contribution in [0, 0.1) is 17.0 Å². The summed E-state index contributed by atoms with van der Waals surface area (Å²) in [5.41, 5.74) is 2.24. The van der Waals surface area contributed by atoms with E-state index >= 15 is 0 Å². The molecule has 0 saturated carbocycles. The fraction of sp³-hybridized carbons (Fsp3) is 0.200. The first-order valence-corrected chi connectivity index (χ1v) is 7.33. The third-order valence-electron chi connectivity index (χ3n) is 3.04. The van der Waals surface area contributed by atoms with Crippen molar-refractivity contribution in [1.82, 2.24) is 0 Å². The van der Waals surface area contributed by atoms with Gasteiger partial charge in [-0.15, -0.1) is 0 Å². The number of ether oxygens (including phenoxy) is 2. The number of nitro benzene ring substituents is 1. The maximum atomic E-state index is 10.8. The van der Waals surface area contributed by atoms with Crippen LogP contribution < -0.4 is 9.47 Å². The molecule has 2 rings (SSSR count).